The number of rotatable bonds is 5. The number of pyridine rings is 1. The Bertz CT molecular complexity index is 586. The number of hydrogen-bond donors (Lipinski definition) is 1. The average Bonchev–Trinajstić information content (AvgIpc) is 2.46. The van der Waals surface area contributed by atoms with E-state index in [2.05, 4.69) is 17.2 Å². The van der Waals surface area contributed by atoms with Crippen LogP contribution in [0.2, 0.25) is 0 Å². The number of aryl methyl sites for hydroxylation is 1. The SMILES string of the molecule is COc1cc(C(C)NCc2cnccc2C)ccc1F. The van der Waals surface area contributed by atoms with Crippen LogP contribution in [0, 0.1) is 12.7 Å². The molecule has 0 fully saturated rings. The van der Waals surface area contributed by atoms with Crippen LogP contribution in [-0.4, -0.2) is 12.1 Å². The van der Waals surface area contributed by atoms with E-state index in [-0.39, 0.29) is 17.6 Å². The number of nitrogens with one attached hydrogen (secondary N) is 1. The lowest BCUT2D eigenvalue weighted by Gasteiger charge is -2.16. The van der Waals surface area contributed by atoms with E-state index in [4.69, 9.17) is 4.74 Å². The monoisotopic (exact) mass is 274 g/mol. The predicted molar refractivity (Wildman–Crippen MR) is 77.2 cm³/mol. The van der Waals surface area contributed by atoms with E-state index < -0.39 is 0 Å². The Balaban J connectivity index is 2.05. The topological polar surface area (TPSA) is 34.1 Å². The van der Waals surface area contributed by atoms with Crippen molar-refractivity contribution >= 4 is 0 Å². The third kappa shape index (κ3) is 3.33. The van der Waals surface area contributed by atoms with Crippen LogP contribution >= 0.6 is 0 Å². The maximum absolute atomic E-state index is 13.4. The van der Waals surface area contributed by atoms with E-state index >= 15 is 0 Å². The zero-order valence-electron chi connectivity index (χ0n) is 12.0. The molecule has 0 aliphatic heterocycles. The number of benzene rings is 1. The van der Waals surface area contributed by atoms with E-state index in [0.29, 0.717) is 0 Å². The molecular weight excluding hydrogens is 255 g/mol. The second kappa shape index (κ2) is 6.48. The summed E-state index contributed by atoms with van der Waals surface area (Å²) in [5, 5.41) is 3.41. The van der Waals surface area contributed by atoms with E-state index in [1.54, 1.807) is 18.3 Å². The number of hydrogen-bond acceptors (Lipinski definition) is 3. The van der Waals surface area contributed by atoms with Gasteiger partial charge in [0.15, 0.2) is 11.6 Å². The quantitative estimate of drug-likeness (QED) is 0.907. The summed E-state index contributed by atoms with van der Waals surface area (Å²) in [6.07, 6.45) is 3.65. The minimum absolute atomic E-state index is 0.101. The smallest absolute Gasteiger partial charge is 0.165 e. The Kier molecular flexibility index (Phi) is 4.69. The molecule has 1 N–H and O–H groups in total. The molecule has 0 aliphatic rings. The number of nitrogens with zero attached hydrogens (tertiary/aromatic N) is 1. The lowest BCUT2D eigenvalue weighted by atomic mass is 10.1. The first kappa shape index (κ1) is 14.5. The van der Waals surface area contributed by atoms with E-state index in [0.717, 1.165) is 17.7 Å². The molecule has 1 atom stereocenters. The van der Waals surface area contributed by atoms with Crippen LogP contribution < -0.4 is 10.1 Å². The van der Waals surface area contributed by atoms with Gasteiger partial charge in [-0.1, -0.05) is 6.07 Å². The van der Waals surface area contributed by atoms with Crippen molar-refractivity contribution in [3.63, 3.8) is 0 Å². The van der Waals surface area contributed by atoms with Gasteiger partial charge in [-0.3, -0.25) is 4.98 Å². The van der Waals surface area contributed by atoms with Crippen LogP contribution in [-0.2, 0) is 6.54 Å². The van der Waals surface area contributed by atoms with Gasteiger partial charge in [0.05, 0.1) is 7.11 Å². The minimum Gasteiger partial charge on any atom is -0.494 e. The Labute approximate surface area is 118 Å². The van der Waals surface area contributed by atoms with E-state index in [9.17, 15) is 4.39 Å². The highest BCUT2D eigenvalue weighted by Gasteiger charge is 2.09. The predicted octanol–water partition coefficient (Wildman–Crippen LogP) is 3.39. The number of ether oxygens (including phenoxy) is 1. The first-order valence-electron chi connectivity index (χ1n) is 6.58. The van der Waals surface area contributed by atoms with Gasteiger partial charge in [-0.05, 0) is 48.7 Å². The Morgan fingerprint density at radius 2 is 2.15 bits per heavy atom. The molecule has 1 heterocycles. The van der Waals surface area contributed by atoms with Gasteiger partial charge in [0.25, 0.3) is 0 Å². The first-order chi connectivity index (χ1) is 9.61. The normalized spacial score (nSPS) is 12.2. The third-order valence-electron chi connectivity index (χ3n) is 3.42. The summed E-state index contributed by atoms with van der Waals surface area (Å²) >= 11 is 0. The van der Waals surface area contributed by atoms with Crippen LogP contribution in [0.25, 0.3) is 0 Å². The number of halogens is 1. The van der Waals surface area contributed by atoms with Gasteiger partial charge >= 0.3 is 0 Å². The van der Waals surface area contributed by atoms with Crippen molar-refractivity contribution in [1.82, 2.24) is 10.3 Å². The zero-order valence-corrected chi connectivity index (χ0v) is 12.0. The van der Waals surface area contributed by atoms with Crippen molar-refractivity contribution < 1.29 is 9.13 Å². The van der Waals surface area contributed by atoms with Gasteiger partial charge in [-0.15, -0.1) is 0 Å². The van der Waals surface area contributed by atoms with Gasteiger partial charge in [0.2, 0.25) is 0 Å². The third-order valence-corrected chi connectivity index (χ3v) is 3.42. The summed E-state index contributed by atoms with van der Waals surface area (Å²) in [4.78, 5) is 4.13. The highest BCUT2D eigenvalue weighted by molar-refractivity contribution is 5.32. The van der Waals surface area contributed by atoms with Crippen molar-refractivity contribution in [2.45, 2.75) is 26.4 Å². The van der Waals surface area contributed by atoms with Crippen molar-refractivity contribution in [1.29, 1.82) is 0 Å². The summed E-state index contributed by atoms with van der Waals surface area (Å²) in [5.74, 6) is -0.0692. The van der Waals surface area contributed by atoms with Crippen molar-refractivity contribution in [3.8, 4) is 5.75 Å². The standard InChI is InChI=1S/C16H19FN2O/c1-11-6-7-18-9-14(11)10-19-12(2)13-4-5-15(17)16(8-13)20-3/h4-9,12,19H,10H2,1-3H3. The fourth-order valence-electron chi connectivity index (χ4n) is 2.01. The maximum Gasteiger partial charge on any atom is 0.165 e. The molecule has 3 nitrogen and oxygen atoms in total. The number of methoxy groups -OCH3 is 1. The molecule has 0 bridgehead atoms. The number of aromatic nitrogens is 1. The lowest BCUT2D eigenvalue weighted by Crippen LogP contribution is -2.18. The molecule has 0 aliphatic carbocycles. The summed E-state index contributed by atoms with van der Waals surface area (Å²) in [6, 6.07) is 7.02. The molecule has 1 aromatic heterocycles. The molecule has 4 heteroatoms. The Morgan fingerprint density at radius 3 is 2.85 bits per heavy atom. The Hall–Kier alpha value is -1.94. The largest absolute Gasteiger partial charge is 0.494 e. The lowest BCUT2D eigenvalue weighted by molar-refractivity contribution is 0.385. The average molecular weight is 274 g/mol. The Morgan fingerprint density at radius 1 is 1.35 bits per heavy atom. The molecule has 0 spiro atoms. The van der Waals surface area contributed by atoms with Crippen LogP contribution in [0.3, 0.4) is 0 Å². The molecule has 2 aromatic rings. The molecule has 106 valence electrons. The van der Waals surface area contributed by atoms with Crippen molar-refractivity contribution in [3.05, 3.63) is 59.2 Å². The van der Waals surface area contributed by atoms with Gasteiger partial charge in [-0.2, -0.15) is 0 Å². The van der Waals surface area contributed by atoms with Gasteiger partial charge in [0, 0.05) is 25.0 Å². The molecule has 0 radical (unpaired) electrons. The van der Waals surface area contributed by atoms with Crippen LogP contribution in [0.15, 0.2) is 36.7 Å². The highest BCUT2D eigenvalue weighted by atomic mass is 19.1. The van der Waals surface area contributed by atoms with Crippen LogP contribution in [0.1, 0.15) is 29.7 Å². The van der Waals surface area contributed by atoms with Gasteiger partial charge in [-0.25, -0.2) is 4.39 Å². The van der Waals surface area contributed by atoms with Crippen molar-refractivity contribution in [2.75, 3.05) is 7.11 Å². The fourth-order valence-corrected chi connectivity index (χ4v) is 2.01. The van der Waals surface area contributed by atoms with Crippen LogP contribution in [0.4, 0.5) is 4.39 Å². The summed E-state index contributed by atoms with van der Waals surface area (Å²) in [5.41, 5.74) is 3.36. The second-order valence-electron chi connectivity index (χ2n) is 4.80. The molecule has 0 saturated carbocycles. The van der Waals surface area contributed by atoms with Gasteiger partial charge in [0.1, 0.15) is 0 Å². The summed E-state index contributed by atoms with van der Waals surface area (Å²) in [6.45, 7) is 4.82. The first-order valence-corrected chi connectivity index (χ1v) is 6.58. The molecule has 2 rings (SSSR count). The second-order valence-corrected chi connectivity index (χ2v) is 4.80. The fraction of sp³-hybridized carbons (Fsp3) is 0.312. The summed E-state index contributed by atoms with van der Waals surface area (Å²) < 4.78 is 18.4. The van der Waals surface area contributed by atoms with E-state index in [1.807, 2.05) is 19.2 Å². The molecule has 1 aromatic carbocycles. The molecular formula is C16H19FN2O. The molecule has 0 amide bonds. The zero-order chi connectivity index (χ0) is 14.5. The van der Waals surface area contributed by atoms with Crippen molar-refractivity contribution in [2.24, 2.45) is 0 Å². The molecule has 1 unspecified atom stereocenters. The molecule has 0 saturated heterocycles. The van der Waals surface area contributed by atoms with Crippen LogP contribution in [0.5, 0.6) is 5.75 Å². The maximum atomic E-state index is 13.4. The molecule has 20 heavy (non-hydrogen) atoms. The summed E-state index contributed by atoms with van der Waals surface area (Å²) in [7, 11) is 1.47. The minimum atomic E-state index is -0.341. The van der Waals surface area contributed by atoms with Gasteiger partial charge < -0.3 is 10.1 Å². The van der Waals surface area contributed by atoms with E-state index in [1.165, 1.54) is 18.7 Å². The highest BCUT2D eigenvalue weighted by Crippen LogP contribution is 2.22.